The Kier molecular flexibility index (Phi) is 3.35. The molecule has 0 saturated carbocycles. The zero-order chi connectivity index (χ0) is 12.1. The highest BCUT2D eigenvalue weighted by Crippen LogP contribution is 2.13. The van der Waals surface area contributed by atoms with Gasteiger partial charge in [-0.1, -0.05) is 18.2 Å². The van der Waals surface area contributed by atoms with Gasteiger partial charge in [0.05, 0.1) is 12.7 Å². The predicted molar refractivity (Wildman–Crippen MR) is 65.3 cm³/mol. The molecule has 0 unspecified atom stereocenters. The summed E-state index contributed by atoms with van der Waals surface area (Å²) < 4.78 is 4.60. The van der Waals surface area contributed by atoms with Gasteiger partial charge >= 0.3 is 5.97 Å². The molecule has 0 aliphatic rings. The van der Waals surface area contributed by atoms with E-state index >= 15 is 0 Å². The van der Waals surface area contributed by atoms with Crippen LogP contribution in [0.5, 0.6) is 0 Å². The third-order valence-electron chi connectivity index (χ3n) is 2.23. The molecule has 1 heterocycles. The number of carbonyl (C=O) groups excluding carboxylic acids is 1. The molecule has 4 nitrogen and oxygen atoms in total. The van der Waals surface area contributed by atoms with Crippen LogP contribution in [-0.2, 0) is 4.74 Å². The van der Waals surface area contributed by atoms with E-state index in [4.69, 9.17) is 0 Å². The number of para-hydroxylation sites is 1. The molecule has 1 N–H and O–H groups in total. The molecule has 0 aliphatic carbocycles. The number of nitrogens with one attached hydrogen (secondary N) is 1. The average Bonchev–Trinajstić information content (AvgIpc) is 2.40. The number of hydrogen-bond acceptors (Lipinski definition) is 4. The number of carbonyl (C=O) groups is 1. The van der Waals surface area contributed by atoms with Gasteiger partial charge < -0.3 is 10.1 Å². The molecule has 0 fully saturated rings. The number of methoxy groups -OCH3 is 1. The maximum atomic E-state index is 11.2. The molecule has 0 amide bonds. The maximum absolute atomic E-state index is 11.2. The minimum Gasteiger partial charge on any atom is -0.465 e. The van der Waals surface area contributed by atoms with Crippen molar-refractivity contribution < 1.29 is 9.53 Å². The Morgan fingerprint density at radius 3 is 2.53 bits per heavy atom. The Hall–Kier alpha value is -2.36. The SMILES string of the molecule is COC(=O)c1ccc(Nc2ccccc2)nc1. The monoisotopic (exact) mass is 228 g/mol. The van der Waals surface area contributed by atoms with Crippen molar-refractivity contribution in [3.63, 3.8) is 0 Å². The van der Waals surface area contributed by atoms with Gasteiger partial charge in [0.1, 0.15) is 5.82 Å². The molecule has 2 rings (SSSR count). The number of rotatable bonds is 3. The van der Waals surface area contributed by atoms with Gasteiger partial charge in [0.25, 0.3) is 0 Å². The van der Waals surface area contributed by atoms with Crippen LogP contribution in [0.25, 0.3) is 0 Å². The number of esters is 1. The Bertz CT molecular complexity index is 495. The summed E-state index contributed by atoms with van der Waals surface area (Å²) >= 11 is 0. The first-order valence-corrected chi connectivity index (χ1v) is 5.16. The summed E-state index contributed by atoms with van der Waals surface area (Å²) in [5, 5.41) is 3.12. The first-order chi connectivity index (χ1) is 8.29. The molecule has 4 heteroatoms. The zero-order valence-electron chi connectivity index (χ0n) is 9.38. The Morgan fingerprint density at radius 1 is 1.18 bits per heavy atom. The van der Waals surface area contributed by atoms with Crippen molar-refractivity contribution in [1.82, 2.24) is 4.98 Å². The van der Waals surface area contributed by atoms with Gasteiger partial charge in [-0.2, -0.15) is 0 Å². The molecular weight excluding hydrogens is 216 g/mol. The molecule has 0 atom stereocenters. The van der Waals surface area contributed by atoms with E-state index in [1.807, 2.05) is 30.3 Å². The highest BCUT2D eigenvalue weighted by molar-refractivity contribution is 5.89. The predicted octanol–water partition coefficient (Wildman–Crippen LogP) is 2.61. The maximum Gasteiger partial charge on any atom is 0.339 e. The van der Waals surface area contributed by atoms with Crippen LogP contribution in [0.4, 0.5) is 11.5 Å². The summed E-state index contributed by atoms with van der Waals surface area (Å²) in [7, 11) is 1.35. The van der Waals surface area contributed by atoms with Gasteiger partial charge in [0.15, 0.2) is 0 Å². The van der Waals surface area contributed by atoms with Crippen molar-refractivity contribution >= 4 is 17.5 Å². The lowest BCUT2D eigenvalue weighted by Crippen LogP contribution is -2.02. The Morgan fingerprint density at radius 2 is 1.94 bits per heavy atom. The smallest absolute Gasteiger partial charge is 0.339 e. The van der Waals surface area contributed by atoms with E-state index in [9.17, 15) is 4.79 Å². The third-order valence-corrected chi connectivity index (χ3v) is 2.23. The molecular formula is C13H12N2O2. The van der Waals surface area contributed by atoms with E-state index in [1.165, 1.54) is 13.3 Å². The zero-order valence-corrected chi connectivity index (χ0v) is 9.38. The van der Waals surface area contributed by atoms with Crippen molar-refractivity contribution in [2.75, 3.05) is 12.4 Å². The van der Waals surface area contributed by atoms with Crippen LogP contribution in [0.1, 0.15) is 10.4 Å². The van der Waals surface area contributed by atoms with E-state index < -0.39 is 0 Å². The van der Waals surface area contributed by atoms with Crippen LogP contribution < -0.4 is 5.32 Å². The highest BCUT2D eigenvalue weighted by atomic mass is 16.5. The fourth-order valence-corrected chi connectivity index (χ4v) is 1.38. The van der Waals surface area contributed by atoms with Gasteiger partial charge in [0, 0.05) is 11.9 Å². The summed E-state index contributed by atoms with van der Waals surface area (Å²) in [6.07, 6.45) is 1.48. The molecule has 0 radical (unpaired) electrons. The lowest BCUT2D eigenvalue weighted by atomic mass is 10.3. The second-order valence-electron chi connectivity index (χ2n) is 3.41. The van der Waals surface area contributed by atoms with Gasteiger partial charge in [-0.3, -0.25) is 0 Å². The fourth-order valence-electron chi connectivity index (χ4n) is 1.38. The minimum absolute atomic E-state index is 0.385. The topological polar surface area (TPSA) is 51.2 Å². The van der Waals surface area contributed by atoms with Gasteiger partial charge in [-0.25, -0.2) is 9.78 Å². The highest BCUT2D eigenvalue weighted by Gasteiger charge is 2.05. The summed E-state index contributed by atoms with van der Waals surface area (Å²) in [5.41, 5.74) is 1.39. The van der Waals surface area contributed by atoms with Crippen LogP contribution >= 0.6 is 0 Å². The van der Waals surface area contributed by atoms with Crippen molar-refractivity contribution in [2.45, 2.75) is 0 Å². The standard InChI is InChI=1S/C13H12N2O2/c1-17-13(16)10-7-8-12(14-9-10)15-11-5-3-2-4-6-11/h2-9H,1H3,(H,14,15). The third kappa shape index (κ3) is 2.81. The minimum atomic E-state index is -0.385. The normalized spacial score (nSPS) is 9.71. The van der Waals surface area contributed by atoms with Crippen molar-refractivity contribution in [1.29, 1.82) is 0 Å². The number of benzene rings is 1. The van der Waals surface area contributed by atoms with Crippen LogP contribution in [0.15, 0.2) is 48.7 Å². The molecule has 17 heavy (non-hydrogen) atoms. The van der Waals surface area contributed by atoms with Crippen molar-refractivity contribution in [3.8, 4) is 0 Å². The quantitative estimate of drug-likeness (QED) is 0.820. The summed E-state index contributed by atoms with van der Waals surface area (Å²) in [6, 6.07) is 13.1. The molecule has 1 aromatic carbocycles. The summed E-state index contributed by atoms with van der Waals surface area (Å²) in [5.74, 6) is 0.299. The number of hydrogen-bond donors (Lipinski definition) is 1. The van der Waals surface area contributed by atoms with E-state index in [0.717, 1.165) is 5.69 Å². The van der Waals surface area contributed by atoms with Crippen LogP contribution in [0.3, 0.4) is 0 Å². The molecule has 1 aromatic heterocycles. The average molecular weight is 228 g/mol. The van der Waals surface area contributed by atoms with Crippen LogP contribution in [0.2, 0.25) is 0 Å². The molecule has 0 aliphatic heterocycles. The number of pyridine rings is 1. The largest absolute Gasteiger partial charge is 0.465 e. The van der Waals surface area contributed by atoms with E-state index in [-0.39, 0.29) is 5.97 Å². The number of ether oxygens (including phenoxy) is 1. The summed E-state index contributed by atoms with van der Waals surface area (Å²) in [6.45, 7) is 0. The number of nitrogens with zero attached hydrogens (tertiary/aromatic N) is 1. The second kappa shape index (κ2) is 5.12. The first-order valence-electron chi connectivity index (χ1n) is 5.16. The van der Waals surface area contributed by atoms with Crippen molar-refractivity contribution in [3.05, 3.63) is 54.2 Å². The first kappa shape index (κ1) is 11.1. The molecule has 0 bridgehead atoms. The Labute approximate surface area is 99.3 Å². The number of anilines is 2. The molecule has 2 aromatic rings. The lowest BCUT2D eigenvalue weighted by molar-refractivity contribution is 0.0600. The van der Waals surface area contributed by atoms with E-state index in [0.29, 0.717) is 11.4 Å². The van der Waals surface area contributed by atoms with Crippen molar-refractivity contribution in [2.24, 2.45) is 0 Å². The fraction of sp³-hybridized carbons (Fsp3) is 0.0769. The second-order valence-corrected chi connectivity index (χ2v) is 3.41. The molecule has 0 spiro atoms. The van der Waals surface area contributed by atoms with Gasteiger partial charge in [-0.15, -0.1) is 0 Å². The van der Waals surface area contributed by atoms with Gasteiger partial charge in [0.2, 0.25) is 0 Å². The number of aromatic nitrogens is 1. The Balaban J connectivity index is 2.11. The summed E-state index contributed by atoms with van der Waals surface area (Å²) in [4.78, 5) is 15.3. The lowest BCUT2D eigenvalue weighted by Gasteiger charge is -2.05. The van der Waals surface area contributed by atoms with E-state index in [1.54, 1.807) is 12.1 Å². The van der Waals surface area contributed by atoms with E-state index in [2.05, 4.69) is 15.0 Å². The molecule has 0 saturated heterocycles. The van der Waals surface area contributed by atoms with Crippen LogP contribution in [0, 0.1) is 0 Å². The van der Waals surface area contributed by atoms with Crippen LogP contribution in [-0.4, -0.2) is 18.1 Å². The van der Waals surface area contributed by atoms with Gasteiger partial charge in [-0.05, 0) is 24.3 Å². The molecule has 86 valence electrons.